The molecule has 0 aliphatic heterocycles. The van der Waals surface area contributed by atoms with Crippen molar-refractivity contribution in [2.45, 2.75) is 13.8 Å². The largest absolute Gasteiger partial charge is 0.322 e. The van der Waals surface area contributed by atoms with Crippen LogP contribution in [0.3, 0.4) is 0 Å². The molecule has 1 aromatic carbocycles. The number of benzene rings is 1. The summed E-state index contributed by atoms with van der Waals surface area (Å²) in [5.74, 6) is -0.0510. The molecule has 1 N–H and O–H groups in total. The minimum Gasteiger partial charge on any atom is -0.322 e. The standard InChI is InChI=1S/C13H12BrNOS/c1-8-6-12(9(2)17-8)13(16)15-11-5-3-4-10(14)7-11/h3-7H,1-2H3,(H,15,16). The van der Waals surface area contributed by atoms with Crippen molar-refractivity contribution in [1.82, 2.24) is 0 Å². The molecule has 0 spiro atoms. The first-order chi connectivity index (χ1) is 8.06. The van der Waals surface area contributed by atoms with Gasteiger partial charge in [-0.1, -0.05) is 22.0 Å². The van der Waals surface area contributed by atoms with Crippen molar-refractivity contribution in [3.8, 4) is 0 Å². The van der Waals surface area contributed by atoms with Gasteiger partial charge in [0.15, 0.2) is 0 Å². The smallest absolute Gasteiger partial charge is 0.256 e. The minimum atomic E-state index is -0.0510. The summed E-state index contributed by atoms with van der Waals surface area (Å²) in [5, 5.41) is 2.89. The zero-order valence-corrected chi connectivity index (χ0v) is 12.0. The van der Waals surface area contributed by atoms with Crippen LogP contribution in [-0.2, 0) is 0 Å². The number of halogens is 1. The van der Waals surface area contributed by atoms with Crippen LogP contribution in [-0.4, -0.2) is 5.91 Å². The Kier molecular flexibility index (Phi) is 3.64. The fourth-order valence-corrected chi connectivity index (χ4v) is 2.94. The van der Waals surface area contributed by atoms with Crippen LogP contribution in [0.4, 0.5) is 5.69 Å². The first-order valence-corrected chi connectivity index (χ1v) is 6.81. The molecule has 0 aliphatic carbocycles. The van der Waals surface area contributed by atoms with E-state index >= 15 is 0 Å². The first-order valence-electron chi connectivity index (χ1n) is 5.20. The molecule has 2 nitrogen and oxygen atoms in total. The Bertz CT molecular complexity index is 562. The van der Waals surface area contributed by atoms with E-state index in [0.717, 1.165) is 25.5 Å². The molecule has 0 unspecified atom stereocenters. The average molecular weight is 310 g/mol. The van der Waals surface area contributed by atoms with Gasteiger partial charge in [-0.05, 0) is 38.1 Å². The van der Waals surface area contributed by atoms with E-state index in [2.05, 4.69) is 21.2 Å². The fraction of sp³-hybridized carbons (Fsp3) is 0.154. The maximum atomic E-state index is 12.0. The summed E-state index contributed by atoms with van der Waals surface area (Å²) >= 11 is 5.02. The van der Waals surface area contributed by atoms with Crippen LogP contribution in [0, 0.1) is 13.8 Å². The molecule has 0 saturated carbocycles. The third-order valence-corrected chi connectivity index (χ3v) is 3.83. The molecule has 4 heteroatoms. The highest BCUT2D eigenvalue weighted by molar-refractivity contribution is 9.10. The molecule has 0 radical (unpaired) electrons. The zero-order valence-electron chi connectivity index (χ0n) is 9.58. The molecular weight excluding hydrogens is 298 g/mol. The molecular formula is C13H12BrNOS. The van der Waals surface area contributed by atoms with Gasteiger partial charge in [0.1, 0.15) is 0 Å². The fourth-order valence-electron chi connectivity index (χ4n) is 1.62. The Morgan fingerprint density at radius 3 is 2.65 bits per heavy atom. The van der Waals surface area contributed by atoms with Crippen LogP contribution in [0.1, 0.15) is 20.1 Å². The maximum absolute atomic E-state index is 12.0. The van der Waals surface area contributed by atoms with Crippen LogP contribution < -0.4 is 5.32 Å². The Morgan fingerprint density at radius 1 is 1.29 bits per heavy atom. The zero-order chi connectivity index (χ0) is 12.4. The molecule has 1 aromatic heterocycles. The average Bonchev–Trinajstić information content (AvgIpc) is 2.58. The van der Waals surface area contributed by atoms with Gasteiger partial charge >= 0.3 is 0 Å². The van der Waals surface area contributed by atoms with Crippen LogP contribution in [0.25, 0.3) is 0 Å². The minimum absolute atomic E-state index is 0.0510. The van der Waals surface area contributed by atoms with Gasteiger partial charge in [-0.2, -0.15) is 0 Å². The lowest BCUT2D eigenvalue weighted by Gasteiger charge is -2.04. The topological polar surface area (TPSA) is 29.1 Å². The lowest BCUT2D eigenvalue weighted by molar-refractivity contribution is 0.102. The Balaban J connectivity index is 2.20. The van der Waals surface area contributed by atoms with Gasteiger partial charge in [-0.3, -0.25) is 4.79 Å². The van der Waals surface area contributed by atoms with E-state index < -0.39 is 0 Å². The number of nitrogens with one attached hydrogen (secondary N) is 1. The van der Waals surface area contributed by atoms with Crippen molar-refractivity contribution in [2.24, 2.45) is 0 Å². The molecule has 0 fully saturated rings. The van der Waals surface area contributed by atoms with E-state index in [1.165, 1.54) is 0 Å². The quantitative estimate of drug-likeness (QED) is 0.876. The molecule has 2 aromatic rings. The number of thiophene rings is 1. The second-order valence-corrected chi connectivity index (χ2v) is 6.17. The van der Waals surface area contributed by atoms with Gasteiger partial charge in [0.2, 0.25) is 0 Å². The summed E-state index contributed by atoms with van der Waals surface area (Å²) in [6.07, 6.45) is 0. The van der Waals surface area contributed by atoms with Gasteiger partial charge in [0, 0.05) is 19.9 Å². The van der Waals surface area contributed by atoms with Crippen LogP contribution in [0.5, 0.6) is 0 Å². The molecule has 88 valence electrons. The van der Waals surface area contributed by atoms with Crippen LogP contribution in [0.2, 0.25) is 0 Å². The number of hydrogen-bond acceptors (Lipinski definition) is 2. The predicted octanol–water partition coefficient (Wildman–Crippen LogP) is 4.38. The van der Waals surface area contributed by atoms with Gasteiger partial charge in [0.25, 0.3) is 5.91 Å². The third kappa shape index (κ3) is 2.96. The van der Waals surface area contributed by atoms with Gasteiger partial charge < -0.3 is 5.32 Å². The summed E-state index contributed by atoms with van der Waals surface area (Å²) in [6.45, 7) is 3.97. The van der Waals surface area contributed by atoms with Crippen LogP contribution >= 0.6 is 27.3 Å². The Hall–Kier alpha value is -1.13. The second kappa shape index (κ2) is 5.02. The van der Waals surface area contributed by atoms with E-state index in [4.69, 9.17) is 0 Å². The van der Waals surface area contributed by atoms with Gasteiger partial charge in [-0.25, -0.2) is 0 Å². The van der Waals surface area contributed by atoms with Gasteiger partial charge in [-0.15, -0.1) is 11.3 Å². The van der Waals surface area contributed by atoms with E-state index in [0.29, 0.717) is 0 Å². The summed E-state index contributed by atoms with van der Waals surface area (Å²) in [6, 6.07) is 9.50. The highest BCUT2D eigenvalue weighted by atomic mass is 79.9. The van der Waals surface area contributed by atoms with Crippen molar-refractivity contribution in [2.75, 3.05) is 5.32 Å². The normalized spacial score (nSPS) is 10.3. The molecule has 1 heterocycles. The molecule has 2 rings (SSSR count). The summed E-state index contributed by atoms with van der Waals surface area (Å²) in [5.41, 5.74) is 1.56. The third-order valence-electron chi connectivity index (χ3n) is 2.37. The van der Waals surface area contributed by atoms with E-state index in [9.17, 15) is 4.79 Å². The SMILES string of the molecule is Cc1cc(C(=O)Nc2cccc(Br)c2)c(C)s1. The van der Waals surface area contributed by atoms with Gasteiger partial charge in [0.05, 0.1) is 5.56 Å². The molecule has 0 atom stereocenters. The number of carbonyl (C=O) groups is 1. The van der Waals surface area contributed by atoms with E-state index in [1.807, 2.05) is 44.2 Å². The van der Waals surface area contributed by atoms with Crippen molar-refractivity contribution < 1.29 is 4.79 Å². The van der Waals surface area contributed by atoms with Crippen molar-refractivity contribution in [1.29, 1.82) is 0 Å². The predicted molar refractivity (Wildman–Crippen MR) is 75.9 cm³/mol. The maximum Gasteiger partial charge on any atom is 0.256 e. The number of anilines is 1. The highest BCUT2D eigenvalue weighted by Crippen LogP contribution is 2.22. The summed E-state index contributed by atoms with van der Waals surface area (Å²) < 4.78 is 0.952. The molecule has 17 heavy (non-hydrogen) atoms. The number of carbonyl (C=O) groups excluding carboxylic acids is 1. The lowest BCUT2D eigenvalue weighted by atomic mass is 10.2. The van der Waals surface area contributed by atoms with Crippen LogP contribution in [0.15, 0.2) is 34.8 Å². The summed E-state index contributed by atoms with van der Waals surface area (Å²) in [7, 11) is 0. The second-order valence-electron chi connectivity index (χ2n) is 3.79. The lowest BCUT2D eigenvalue weighted by Crippen LogP contribution is -2.11. The van der Waals surface area contributed by atoms with Crippen molar-refractivity contribution >= 4 is 38.9 Å². The van der Waals surface area contributed by atoms with Crippen molar-refractivity contribution in [3.05, 3.63) is 50.1 Å². The Morgan fingerprint density at radius 2 is 2.06 bits per heavy atom. The molecule has 0 aliphatic rings. The monoisotopic (exact) mass is 309 g/mol. The Labute approximate surface area is 113 Å². The van der Waals surface area contributed by atoms with E-state index in [1.54, 1.807) is 11.3 Å². The molecule has 0 bridgehead atoms. The highest BCUT2D eigenvalue weighted by Gasteiger charge is 2.11. The van der Waals surface area contributed by atoms with E-state index in [-0.39, 0.29) is 5.91 Å². The molecule has 1 amide bonds. The number of aryl methyl sites for hydroxylation is 2. The van der Waals surface area contributed by atoms with Crippen molar-refractivity contribution in [3.63, 3.8) is 0 Å². The number of rotatable bonds is 2. The first kappa shape index (κ1) is 12.3. The summed E-state index contributed by atoms with van der Waals surface area (Å²) in [4.78, 5) is 14.2. The number of amides is 1. The number of hydrogen-bond donors (Lipinski definition) is 1. The molecule has 0 saturated heterocycles.